The molecule has 1 amide bonds. The number of carbonyl (C=O) groups excluding carboxylic acids is 1. The smallest absolute Gasteiger partial charge is 0.402 e. The third kappa shape index (κ3) is 7.70. The van der Waals surface area contributed by atoms with Crippen LogP contribution in [0.25, 0.3) is 0 Å². The molecule has 2 aromatic rings. The molecule has 0 spiro atoms. The minimum absolute atomic E-state index is 0. The van der Waals surface area contributed by atoms with Crippen LogP contribution in [-0.4, -0.2) is 50.1 Å². The van der Waals surface area contributed by atoms with E-state index in [0.29, 0.717) is 25.3 Å². The van der Waals surface area contributed by atoms with Crippen LogP contribution in [0.5, 0.6) is 0 Å². The number of nitrogens with zero attached hydrogens (tertiary/aromatic N) is 4. The topological polar surface area (TPSA) is 148 Å². The predicted molar refractivity (Wildman–Crippen MR) is 100 cm³/mol. The van der Waals surface area contributed by atoms with E-state index in [9.17, 15) is 22.4 Å². The first-order chi connectivity index (χ1) is 14.2. The fourth-order valence-electron chi connectivity index (χ4n) is 2.51. The molecule has 16 heteroatoms. The Balaban J connectivity index is 0.00000480. The summed E-state index contributed by atoms with van der Waals surface area (Å²) in [6.45, 7) is -0.874. The number of halogens is 5. The summed E-state index contributed by atoms with van der Waals surface area (Å²) >= 11 is 0. The number of aromatic nitrogens is 4. The second-order valence-electron chi connectivity index (χ2n) is 6.23. The molecular weight excluding hydrogens is 450 g/mol. The number of nitrogens with two attached hydrogens (primary N) is 1. The Labute approximate surface area is 180 Å². The second-order valence-corrected chi connectivity index (χ2v) is 6.23. The van der Waals surface area contributed by atoms with Crippen LogP contribution in [0.15, 0.2) is 6.07 Å². The molecule has 1 heterocycles. The minimum atomic E-state index is -1.97. The molecule has 2 rings (SSSR count). The molecule has 10 nitrogen and oxygen atoms in total. The van der Waals surface area contributed by atoms with Crippen molar-refractivity contribution >= 4 is 25.6 Å². The summed E-state index contributed by atoms with van der Waals surface area (Å²) in [5.74, 6) is -7.59. The summed E-state index contributed by atoms with van der Waals surface area (Å²) in [6, 6.07) is -0.184. The number of hydrogen-bond donors (Lipinski definition) is 4. The summed E-state index contributed by atoms with van der Waals surface area (Å²) in [6.07, 6.45) is 1.45. The van der Waals surface area contributed by atoms with E-state index in [-0.39, 0.29) is 24.8 Å². The van der Waals surface area contributed by atoms with Gasteiger partial charge in [-0.05, 0) is 35.8 Å². The highest BCUT2D eigenvalue weighted by Gasteiger charge is 2.20. The number of carbonyl (C=O) groups is 1. The summed E-state index contributed by atoms with van der Waals surface area (Å²) in [7, 11) is -1.85. The molecule has 1 atom stereocenters. The maximum absolute atomic E-state index is 13.6. The van der Waals surface area contributed by atoms with E-state index in [0.717, 1.165) is 4.68 Å². The Hall–Kier alpha value is -2.33. The number of rotatable bonds is 11. The lowest BCUT2D eigenvalue weighted by molar-refractivity contribution is -0.122. The fourth-order valence-corrected chi connectivity index (χ4v) is 2.51. The average Bonchev–Trinajstić information content (AvgIpc) is 3.15. The van der Waals surface area contributed by atoms with E-state index in [1.807, 2.05) is 0 Å². The van der Waals surface area contributed by atoms with Gasteiger partial charge in [-0.2, -0.15) is 0 Å². The molecule has 172 valence electrons. The molecule has 0 bridgehead atoms. The molecule has 0 aliphatic carbocycles. The Morgan fingerprint density at radius 3 is 2.61 bits per heavy atom. The zero-order valence-corrected chi connectivity index (χ0v) is 16.8. The molecule has 0 saturated carbocycles. The molecular formula is C15H20BClF4N6O4. The van der Waals surface area contributed by atoms with Gasteiger partial charge in [-0.25, -0.2) is 22.2 Å². The Bertz CT molecular complexity index is 878. The molecule has 1 aromatic carbocycles. The van der Waals surface area contributed by atoms with Crippen LogP contribution in [-0.2, 0) is 22.5 Å². The first-order valence-electron chi connectivity index (χ1n) is 8.78. The summed E-state index contributed by atoms with van der Waals surface area (Å²) in [5, 5.41) is 30.2. The number of nitrogens with one attached hydrogen (secondary N) is 1. The molecule has 0 aliphatic rings. The van der Waals surface area contributed by atoms with Gasteiger partial charge in [0, 0.05) is 18.7 Å². The Morgan fingerprint density at radius 2 is 1.94 bits per heavy atom. The molecule has 31 heavy (non-hydrogen) atoms. The maximum atomic E-state index is 13.6. The lowest BCUT2D eigenvalue weighted by Gasteiger charge is -2.12. The van der Waals surface area contributed by atoms with Crippen LogP contribution < -0.4 is 11.1 Å². The van der Waals surface area contributed by atoms with Gasteiger partial charge < -0.3 is 25.8 Å². The van der Waals surface area contributed by atoms with Gasteiger partial charge in [0.25, 0.3) is 0 Å². The van der Waals surface area contributed by atoms with E-state index >= 15 is 0 Å². The Morgan fingerprint density at radius 1 is 1.23 bits per heavy atom. The van der Waals surface area contributed by atoms with E-state index in [1.165, 1.54) is 0 Å². The largest absolute Gasteiger partial charge is 0.633 e. The summed E-state index contributed by atoms with van der Waals surface area (Å²) < 4.78 is 58.7. The van der Waals surface area contributed by atoms with Crippen LogP contribution >= 0.6 is 12.4 Å². The molecule has 0 fully saturated rings. The standard InChI is InChI=1S/C15H19BF4N6O4.ClH/c17-9-5-8(12(18)14(20)13(9)19)6-22-11(27)7-26-15(23-24-25-26)10(21)3-1-2-4-30-16(28)29;/h5,10,28-29H,1-4,6-7,21H2,(H,22,27);1H. The van der Waals surface area contributed by atoms with Crippen LogP contribution in [0.2, 0.25) is 0 Å². The molecule has 0 saturated heterocycles. The highest BCUT2D eigenvalue weighted by atomic mass is 35.5. The van der Waals surface area contributed by atoms with Crippen molar-refractivity contribution in [2.24, 2.45) is 5.73 Å². The van der Waals surface area contributed by atoms with Crippen LogP contribution in [0.4, 0.5) is 17.6 Å². The molecule has 5 N–H and O–H groups in total. The average molecular weight is 471 g/mol. The van der Waals surface area contributed by atoms with Gasteiger partial charge in [0.05, 0.1) is 6.04 Å². The van der Waals surface area contributed by atoms with Crippen LogP contribution in [0.3, 0.4) is 0 Å². The summed E-state index contributed by atoms with van der Waals surface area (Å²) in [4.78, 5) is 12.1. The fraction of sp³-hybridized carbons (Fsp3) is 0.467. The van der Waals surface area contributed by atoms with Crippen molar-refractivity contribution in [2.75, 3.05) is 6.61 Å². The SMILES string of the molecule is Cl.NC(CCCCOB(O)O)c1nnnn1CC(=O)NCc1cc(F)c(F)c(F)c1F. The van der Waals surface area contributed by atoms with E-state index in [4.69, 9.17) is 15.8 Å². The maximum Gasteiger partial charge on any atom is 0.633 e. The van der Waals surface area contributed by atoms with Crippen molar-refractivity contribution in [3.05, 3.63) is 40.7 Å². The van der Waals surface area contributed by atoms with Crippen molar-refractivity contribution < 1.29 is 37.1 Å². The predicted octanol–water partition coefficient (Wildman–Crippen LogP) is 0.124. The lowest BCUT2D eigenvalue weighted by Crippen LogP contribution is -2.30. The summed E-state index contributed by atoms with van der Waals surface area (Å²) in [5.41, 5.74) is 5.42. The van der Waals surface area contributed by atoms with E-state index in [2.05, 4.69) is 25.5 Å². The number of amides is 1. The van der Waals surface area contributed by atoms with Gasteiger partial charge in [-0.1, -0.05) is 0 Å². The van der Waals surface area contributed by atoms with Gasteiger partial charge in [-0.15, -0.1) is 17.5 Å². The lowest BCUT2D eigenvalue weighted by atomic mass is 10.1. The number of benzene rings is 1. The van der Waals surface area contributed by atoms with Crippen molar-refractivity contribution in [3.63, 3.8) is 0 Å². The highest BCUT2D eigenvalue weighted by Crippen LogP contribution is 2.18. The van der Waals surface area contributed by atoms with Gasteiger partial charge >= 0.3 is 7.32 Å². The number of tetrazole rings is 1. The van der Waals surface area contributed by atoms with Gasteiger partial charge in [-0.3, -0.25) is 4.79 Å². The van der Waals surface area contributed by atoms with Crippen LogP contribution in [0, 0.1) is 23.3 Å². The molecule has 1 aromatic heterocycles. The first-order valence-corrected chi connectivity index (χ1v) is 8.78. The zero-order valence-electron chi connectivity index (χ0n) is 16.0. The van der Waals surface area contributed by atoms with Gasteiger partial charge in [0.2, 0.25) is 5.91 Å². The third-order valence-electron chi connectivity index (χ3n) is 4.01. The van der Waals surface area contributed by atoms with Crippen LogP contribution in [0.1, 0.15) is 36.7 Å². The Kier molecular flexibility index (Phi) is 10.8. The van der Waals surface area contributed by atoms with Crippen molar-refractivity contribution in [3.8, 4) is 0 Å². The molecule has 0 radical (unpaired) electrons. The third-order valence-corrected chi connectivity index (χ3v) is 4.01. The van der Waals surface area contributed by atoms with Crippen molar-refractivity contribution in [1.82, 2.24) is 25.5 Å². The molecule has 1 unspecified atom stereocenters. The van der Waals surface area contributed by atoms with E-state index in [1.54, 1.807) is 0 Å². The molecule has 0 aliphatic heterocycles. The van der Waals surface area contributed by atoms with Gasteiger partial charge in [0.15, 0.2) is 29.1 Å². The van der Waals surface area contributed by atoms with E-state index < -0.39 is 61.2 Å². The highest BCUT2D eigenvalue weighted by molar-refractivity contribution is 6.32. The quantitative estimate of drug-likeness (QED) is 0.119. The minimum Gasteiger partial charge on any atom is -0.402 e. The van der Waals surface area contributed by atoms with Gasteiger partial charge in [0.1, 0.15) is 6.54 Å². The van der Waals surface area contributed by atoms with Crippen molar-refractivity contribution in [2.45, 2.75) is 38.4 Å². The second kappa shape index (κ2) is 12.5. The van der Waals surface area contributed by atoms with Crippen molar-refractivity contribution in [1.29, 1.82) is 0 Å². The zero-order chi connectivity index (χ0) is 22.3. The first kappa shape index (κ1) is 26.7. The monoisotopic (exact) mass is 470 g/mol. The number of unbranched alkanes of at least 4 members (excludes halogenated alkanes) is 1. The number of hydrogen-bond acceptors (Lipinski definition) is 8. The normalized spacial score (nSPS) is 11.7.